The smallest absolute Gasteiger partial charge is 0.408 e. The minimum Gasteiger partial charge on any atom is -0.497 e. The van der Waals surface area contributed by atoms with Gasteiger partial charge in [-0.05, 0) is 87.9 Å². The number of aliphatic hydroxyl groups is 1. The maximum Gasteiger partial charge on any atom is 0.408 e. The van der Waals surface area contributed by atoms with Crippen LogP contribution in [0.1, 0.15) is 71.6 Å². The number of nitrogens with zero attached hydrogens (tertiary/aromatic N) is 1. The Kier molecular flexibility index (Phi) is 12.4. The number of rotatable bonds is 13. The fourth-order valence-corrected chi connectivity index (χ4v) is 4.31. The van der Waals surface area contributed by atoms with E-state index in [0.717, 1.165) is 12.0 Å². The maximum atomic E-state index is 14.2. The van der Waals surface area contributed by atoms with Crippen LogP contribution in [0, 0.1) is 5.92 Å². The summed E-state index contributed by atoms with van der Waals surface area (Å²) in [4.78, 5) is 42.2. The highest BCUT2D eigenvalue weighted by Crippen LogP contribution is 2.30. The van der Waals surface area contributed by atoms with Gasteiger partial charge >= 0.3 is 6.09 Å². The Morgan fingerprint density at radius 1 is 1.05 bits per heavy atom. The molecule has 3 amide bonds. The second-order valence-electron chi connectivity index (χ2n) is 11.4. The van der Waals surface area contributed by atoms with Crippen LogP contribution in [0.5, 0.6) is 5.75 Å². The molecular weight excluding hydrogens is 522 g/mol. The van der Waals surface area contributed by atoms with E-state index in [1.807, 2.05) is 13.0 Å². The summed E-state index contributed by atoms with van der Waals surface area (Å²) in [6, 6.07) is 11.3. The lowest BCUT2D eigenvalue weighted by Crippen LogP contribution is -2.56. The van der Waals surface area contributed by atoms with Gasteiger partial charge in [0.2, 0.25) is 5.91 Å². The van der Waals surface area contributed by atoms with Gasteiger partial charge in [0.05, 0.1) is 13.7 Å². The molecule has 0 spiro atoms. The van der Waals surface area contributed by atoms with Crippen LogP contribution in [0.15, 0.2) is 55.1 Å². The summed E-state index contributed by atoms with van der Waals surface area (Å²) >= 11 is 0. The number of anilines is 1. The average molecular weight is 568 g/mol. The van der Waals surface area contributed by atoms with E-state index in [2.05, 4.69) is 31.1 Å². The van der Waals surface area contributed by atoms with Gasteiger partial charge in [0.15, 0.2) is 0 Å². The van der Waals surface area contributed by atoms with E-state index in [1.165, 1.54) is 4.90 Å². The van der Waals surface area contributed by atoms with Crippen molar-refractivity contribution in [2.45, 2.75) is 78.1 Å². The van der Waals surface area contributed by atoms with Crippen LogP contribution in [0.3, 0.4) is 0 Å². The zero-order valence-corrected chi connectivity index (χ0v) is 25.3. The Labute approximate surface area is 243 Å². The summed E-state index contributed by atoms with van der Waals surface area (Å²) in [6.07, 6.45) is 2.22. The predicted octanol–water partition coefficient (Wildman–Crippen LogP) is 5.56. The first kappa shape index (κ1) is 33.4. The first-order chi connectivity index (χ1) is 19.3. The van der Waals surface area contributed by atoms with Crippen LogP contribution in [0.4, 0.5) is 10.5 Å². The topological polar surface area (TPSA) is 117 Å². The van der Waals surface area contributed by atoms with Gasteiger partial charge in [-0.25, -0.2) is 4.79 Å². The van der Waals surface area contributed by atoms with Crippen molar-refractivity contribution in [3.8, 4) is 5.75 Å². The second kappa shape index (κ2) is 15.2. The highest BCUT2D eigenvalue weighted by Gasteiger charge is 2.39. The minimum atomic E-state index is -1.33. The Morgan fingerprint density at radius 3 is 2.24 bits per heavy atom. The molecule has 0 aromatic heterocycles. The van der Waals surface area contributed by atoms with Crippen molar-refractivity contribution in [2.24, 2.45) is 5.92 Å². The third kappa shape index (κ3) is 10.2. The minimum absolute atomic E-state index is 0.360. The fourth-order valence-electron chi connectivity index (χ4n) is 4.31. The number of ether oxygens (including phenoxy) is 2. The predicted molar refractivity (Wildman–Crippen MR) is 162 cm³/mol. The Bertz CT molecular complexity index is 1170. The van der Waals surface area contributed by atoms with Gasteiger partial charge in [-0.3, -0.25) is 9.59 Å². The molecule has 0 aliphatic carbocycles. The largest absolute Gasteiger partial charge is 0.497 e. The molecule has 0 radical (unpaired) electrons. The van der Waals surface area contributed by atoms with Crippen LogP contribution in [-0.2, 0) is 14.3 Å². The van der Waals surface area contributed by atoms with E-state index in [9.17, 15) is 19.5 Å². The summed E-state index contributed by atoms with van der Waals surface area (Å²) < 4.78 is 10.5. The molecule has 0 saturated carbocycles. The Morgan fingerprint density at radius 2 is 1.71 bits per heavy atom. The quantitative estimate of drug-likeness (QED) is 0.292. The normalized spacial score (nSPS) is 13.5. The van der Waals surface area contributed by atoms with Gasteiger partial charge in [-0.15, -0.1) is 0 Å². The van der Waals surface area contributed by atoms with E-state index in [1.54, 1.807) is 76.4 Å². The number of hydrogen-bond acceptors (Lipinski definition) is 6. The third-order valence-electron chi connectivity index (χ3n) is 6.41. The van der Waals surface area contributed by atoms with Crippen molar-refractivity contribution < 1.29 is 29.0 Å². The zero-order chi connectivity index (χ0) is 30.7. The van der Waals surface area contributed by atoms with Crippen molar-refractivity contribution in [1.82, 2.24) is 10.2 Å². The molecule has 0 fully saturated rings. The van der Waals surface area contributed by atoms with Gasteiger partial charge in [-0.1, -0.05) is 44.7 Å². The lowest BCUT2D eigenvalue weighted by atomic mass is 9.96. The molecule has 9 heteroatoms. The monoisotopic (exact) mass is 567 g/mol. The first-order valence-electron chi connectivity index (χ1n) is 13.9. The van der Waals surface area contributed by atoms with Crippen LogP contribution < -0.4 is 15.4 Å². The molecule has 3 unspecified atom stereocenters. The molecule has 2 rings (SSSR count). The number of aliphatic hydroxyl groups excluding tert-OH is 1. The van der Waals surface area contributed by atoms with E-state index in [4.69, 9.17) is 9.47 Å². The lowest BCUT2D eigenvalue weighted by Gasteiger charge is -2.38. The van der Waals surface area contributed by atoms with Gasteiger partial charge in [0.25, 0.3) is 5.91 Å². The van der Waals surface area contributed by atoms with E-state index in [0.29, 0.717) is 29.3 Å². The summed E-state index contributed by atoms with van der Waals surface area (Å²) in [7, 11) is 1.56. The summed E-state index contributed by atoms with van der Waals surface area (Å²) in [5.74, 6) is -0.0569. The second-order valence-corrected chi connectivity index (χ2v) is 11.4. The lowest BCUT2D eigenvalue weighted by molar-refractivity contribution is -0.144. The summed E-state index contributed by atoms with van der Waals surface area (Å²) in [5, 5.41) is 15.6. The number of methoxy groups -OCH3 is 1. The van der Waals surface area contributed by atoms with Gasteiger partial charge in [-0.2, -0.15) is 0 Å². The van der Waals surface area contributed by atoms with Gasteiger partial charge in [0, 0.05) is 11.7 Å². The number of carbonyl (C=O) groups is 3. The summed E-state index contributed by atoms with van der Waals surface area (Å²) in [6.45, 7) is 14.3. The van der Waals surface area contributed by atoms with Gasteiger partial charge in [0.1, 0.15) is 23.4 Å². The zero-order valence-electron chi connectivity index (χ0n) is 25.3. The summed E-state index contributed by atoms with van der Waals surface area (Å²) in [5.41, 5.74) is 1.06. The number of hydrogen-bond donors (Lipinski definition) is 3. The van der Waals surface area contributed by atoms with Crippen LogP contribution in [-0.4, -0.2) is 59.3 Å². The van der Waals surface area contributed by atoms with Crippen LogP contribution >= 0.6 is 0 Å². The first-order valence-corrected chi connectivity index (χ1v) is 13.9. The molecule has 0 aliphatic rings. The molecule has 3 atom stereocenters. The fraction of sp³-hybridized carbons (Fsp3) is 0.469. The van der Waals surface area contributed by atoms with Crippen LogP contribution in [0.2, 0.25) is 0 Å². The van der Waals surface area contributed by atoms with Crippen molar-refractivity contribution >= 4 is 29.7 Å². The Balaban J connectivity index is 2.59. The molecule has 0 bridgehead atoms. The number of amides is 3. The van der Waals surface area contributed by atoms with Crippen molar-refractivity contribution in [2.75, 3.05) is 19.0 Å². The van der Waals surface area contributed by atoms with Crippen molar-refractivity contribution in [1.29, 1.82) is 0 Å². The van der Waals surface area contributed by atoms with E-state index in [-0.39, 0.29) is 0 Å². The number of carbonyl (C=O) groups excluding carboxylic acids is 3. The molecule has 0 saturated heterocycles. The molecule has 3 N–H and O–H groups in total. The van der Waals surface area contributed by atoms with Crippen molar-refractivity contribution in [3.63, 3.8) is 0 Å². The molecule has 0 aliphatic heterocycles. The van der Waals surface area contributed by atoms with E-state index < -0.39 is 48.2 Å². The maximum absolute atomic E-state index is 14.2. The molecule has 2 aromatic rings. The Hall–Kier alpha value is -3.85. The number of nitrogens with one attached hydrogen (secondary N) is 2. The highest BCUT2D eigenvalue weighted by molar-refractivity contribution is 5.99. The third-order valence-corrected chi connectivity index (χ3v) is 6.41. The molecule has 9 nitrogen and oxygen atoms in total. The SMILES string of the molecule is C=Cc1cccc(C(C(=O)Nc2ccc(OC)cc2)N(C(=O)C(CO)NC(=O)OC(C)(C)C)C(C)CCC(C)C)c1. The number of alkyl carbamates (subject to hydrolysis) is 1. The molecule has 2 aromatic carbocycles. The molecule has 0 heterocycles. The van der Waals surface area contributed by atoms with Crippen LogP contribution in [0.25, 0.3) is 6.08 Å². The molecular formula is C32H45N3O6. The van der Waals surface area contributed by atoms with E-state index >= 15 is 0 Å². The molecule has 41 heavy (non-hydrogen) atoms. The average Bonchev–Trinajstić information content (AvgIpc) is 2.92. The molecule has 224 valence electrons. The van der Waals surface area contributed by atoms with Crippen molar-refractivity contribution in [3.05, 3.63) is 66.2 Å². The number of benzene rings is 2. The standard InChI is InChI=1S/C32H45N3O6/c1-9-23-11-10-12-24(19-23)28(29(37)33-25-15-17-26(40-8)18-16-25)35(22(4)14-13-21(2)3)30(38)27(20-36)34-31(39)41-32(5,6)7/h9-12,15-19,21-22,27-28,36H,1,13-14,20H2,2-8H3,(H,33,37)(H,34,39). The highest BCUT2D eigenvalue weighted by atomic mass is 16.6. The van der Waals surface area contributed by atoms with Gasteiger partial charge < -0.3 is 30.1 Å².